The van der Waals surface area contributed by atoms with E-state index in [1.807, 2.05) is 31.2 Å². The number of hydrogen-bond acceptors (Lipinski definition) is 2. The molecule has 0 saturated carbocycles. The molecule has 2 amide bonds. The average molecular weight is 565 g/mol. The van der Waals surface area contributed by atoms with E-state index in [0.717, 1.165) is 16.0 Å². The predicted octanol–water partition coefficient (Wildman–Crippen LogP) is 7.30. The quantitative estimate of drug-likeness (QED) is 0.263. The number of hydrogen-bond donors (Lipinski definition) is 1. The maximum Gasteiger partial charge on any atom is 0.416 e. The van der Waals surface area contributed by atoms with Gasteiger partial charge in [-0.1, -0.05) is 67.6 Å². The summed E-state index contributed by atoms with van der Waals surface area (Å²) in [5.41, 5.74) is -2.35. The van der Waals surface area contributed by atoms with E-state index in [-0.39, 0.29) is 24.8 Å². The molecule has 40 heavy (non-hydrogen) atoms. The summed E-state index contributed by atoms with van der Waals surface area (Å²) >= 11 is 0. The maximum absolute atomic E-state index is 13.6. The highest BCUT2D eigenvalue weighted by atomic mass is 19.4. The molecule has 1 atom stereocenters. The van der Waals surface area contributed by atoms with Crippen molar-refractivity contribution in [3.8, 4) is 0 Å². The van der Waals surface area contributed by atoms with Gasteiger partial charge in [0.2, 0.25) is 5.91 Å². The van der Waals surface area contributed by atoms with Crippen LogP contribution in [-0.4, -0.2) is 36.3 Å². The summed E-state index contributed by atoms with van der Waals surface area (Å²) in [5.74, 6) is -1.82. The molecule has 4 nitrogen and oxygen atoms in total. The van der Waals surface area contributed by atoms with Gasteiger partial charge in [-0.05, 0) is 42.2 Å². The number of alkyl halides is 6. The molecule has 0 radical (unpaired) electrons. The molecular formula is C30H30F6N2O2. The summed E-state index contributed by atoms with van der Waals surface area (Å²) < 4.78 is 81.0. The second-order valence-corrected chi connectivity index (χ2v) is 9.47. The Bertz CT molecular complexity index is 1210. The number of nitrogens with one attached hydrogen (secondary N) is 1. The van der Waals surface area contributed by atoms with Crippen LogP contribution in [0.5, 0.6) is 0 Å². The third kappa shape index (κ3) is 7.86. The molecule has 0 aromatic heterocycles. The van der Waals surface area contributed by atoms with Crippen LogP contribution in [0.25, 0.3) is 0 Å². The molecule has 0 heterocycles. The summed E-state index contributed by atoms with van der Waals surface area (Å²) in [6.45, 7) is 2.34. The third-order valence-electron chi connectivity index (χ3n) is 6.59. The van der Waals surface area contributed by atoms with E-state index in [9.17, 15) is 35.9 Å². The van der Waals surface area contributed by atoms with Gasteiger partial charge in [0.1, 0.15) is 0 Å². The molecule has 1 unspecified atom stereocenters. The first-order chi connectivity index (χ1) is 18.8. The van der Waals surface area contributed by atoms with Crippen LogP contribution in [0.15, 0.2) is 78.9 Å². The van der Waals surface area contributed by atoms with Gasteiger partial charge in [0.15, 0.2) is 0 Å². The monoisotopic (exact) mass is 564 g/mol. The van der Waals surface area contributed by atoms with E-state index in [0.29, 0.717) is 25.1 Å². The number of carbonyl (C=O) groups is 2. The fourth-order valence-electron chi connectivity index (χ4n) is 4.61. The smallest absolute Gasteiger partial charge is 0.356 e. The number of amides is 2. The summed E-state index contributed by atoms with van der Waals surface area (Å²) in [6, 6.07) is 18.1. The zero-order chi connectivity index (χ0) is 29.5. The molecule has 0 aliphatic heterocycles. The standard InChI is InChI=1S/C30H30F6N2O2/c1-3-16-37-26(39)15-14-25(27(20-10-6-4-7-11-20)21-12-8-5-9-13-21)38(2)28(40)22-17-23(29(31,32)33)19-24(18-22)30(34,35)36/h4-13,17-19,25,27H,3,14-16H2,1-2H3,(H,37,39). The Morgan fingerprint density at radius 1 is 0.800 bits per heavy atom. The molecule has 0 fully saturated rings. The number of nitrogens with zero attached hydrogens (tertiary/aromatic N) is 1. The second-order valence-electron chi connectivity index (χ2n) is 9.47. The van der Waals surface area contributed by atoms with Crippen molar-refractivity contribution in [1.82, 2.24) is 10.2 Å². The van der Waals surface area contributed by atoms with Gasteiger partial charge in [0, 0.05) is 37.5 Å². The summed E-state index contributed by atoms with van der Waals surface area (Å²) in [6.07, 6.45) is -9.38. The zero-order valence-electron chi connectivity index (χ0n) is 22.0. The first kappa shape index (κ1) is 30.7. The minimum atomic E-state index is -5.09. The maximum atomic E-state index is 13.6. The van der Waals surface area contributed by atoms with Crippen molar-refractivity contribution in [3.63, 3.8) is 0 Å². The minimum Gasteiger partial charge on any atom is -0.356 e. The third-order valence-corrected chi connectivity index (χ3v) is 6.59. The number of likely N-dealkylation sites (N-methyl/N-ethyl adjacent to an activating group) is 1. The van der Waals surface area contributed by atoms with Gasteiger partial charge >= 0.3 is 12.4 Å². The first-order valence-electron chi connectivity index (χ1n) is 12.8. The minimum absolute atomic E-state index is 0.00511. The van der Waals surface area contributed by atoms with E-state index in [1.165, 1.54) is 7.05 Å². The molecule has 10 heteroatoms. The zero-order valence-corrected chi connectivity index (χ0v) is 22.0. The van der Waals surface area contributed by atoms with Crippen molar-refractivity contribution < 1.29 is 35.9 Å². The van der Waals surface area contributed by atoms with Crippen molar-refractivity contribution in [2.45, 2.75) is 50.5 Å². The normalized spacial score (nSPS) is 12.7. The van der Waals surface area contributed by atoms with Gasteiger partial charge in [-0.2, -0.15) is 26.3 Å². The highest BCUT2D eigenvalue weighted by Gasteiger charge is 2.39. The van der Waals surface area contributed by atoms with Gasteiger partial charge in [0.05, 0.1) is 11.1 Å². The van der Waals surface area contributed by atoms with Crippen LogP contribution in [0.3, 0.4) is 0 Å². The van der Waals surface area contributed by atoms with Gasteiger partial charge in [-0.25, -0.2) is 0 Å². The van der Waals surface area contributed by atoms with Crippen LogP contribution in [0.4, 0.5) is 26.3 Å². The van der Waals surface area contributed by atoms with E-state index in [4.69, 9.17) is 0 Å². The molecule has 0 aliphatic carbocycles. The van der Waals surface area contributed by atoms with Crippen LogP contribution in [0, 0.1) is 0 Å². The van der Waals surface area contributed by atoms with Gasteiger partial charge in [-0.15, -0.1) is 0 Å². The summed E-state index contributed by atoms with van der Waals surface area (Å²) in [5, 5.41) is 2.76. The Kier molecular flexibility index (Phi) is 10.0. The summed E-state index contributed by atoms with van der Waals surface area (Å²) in [7, 11) is 1.34. The van der Waals surface area contributed by atoms with Gasteiger partial charge < -0.3 is 10.2 Å². The van der Waals surface area contributed by atoms with Crippen molar-refractivity contribution in [2.75, 3.05) is 13.6 Å². The molecule has 3 aromatic carbocycles. The lowest BCUT2D eigenvalue weighted by atomic mass is 9.82. The van der Waals surface area contributed by atoms with E-state index >= 15 is 0 Å². The second kappa shape index (κ2) is 13.0. The molecule has 0 saturated heterocycles. The fourth-order valence-corrected chi connectivity index (χ4v) is 4.61. The van der Waals surface area contributed by atoms with Crippen molar-refractivity contribution in [2.24, 2.45) is 0 Å². The fraction of sp³-hybridized carbons (Fsp3) is 0.333. The Balaban J connectivity index is 2.11. The molecule has 214 valence electrons. The number of carbonyl (C=O) groups excluding carboxylic acids is 2. The van der Waals surface area contributed by atoms with Gasteiger partial charge in [-0.3, -0.25) is 9.59 Å². The van der Waals surface area contributed by atoms with Crippen LogP contribution in [0.1, 0.15) is 64.7 Å². The SMILES string of the molecule is CCCNC(=O)CCC(C(c1ccccc1)c1ccccc1)N(C)C(=O)c1cc(C(F)(F)F)cc(C(F)(F)F)c1. The largest absolute Gasteiger partial charge is 0.416 e. The van der Waals surface area contributed by atoms with Crippen LogP contribution in [-0.2, 0) is 17.1 Å². The van der Waals surface area contributed by atoms with Crippen molar-refractivity contribution >= 4 is 11.8 Å². The Morgan fingerprint density at radius 2 is 1.27 bits per heavy atom. The Morgan fingerprint density at radius 3 is 1.70 bits per heavy atom. The summed E-state index contributed by atoms with van der Waals surface area (Å²) in [4.78, 5) is 27.3. The van der Waals surface area contributed by atoms with Crippen molar-refractivity contribution in [1.29, 1.82) is 0 Å². The van der Waals surface area contributed by atoms with Crippen molar-refractivity contribution in [3.05, 3.63) is 107 Å². The topological polar surface area (TPSA) is 49.4 Å². The number of halogens is 6. The van der Waals surface area contributed by atoms with Crippen LogP contribution < -0.4 is 5.32 Å². The van der Waals surface area contributed by atoms with E-state index < -0.39 is 46.9 Å². The molecular weight excluding hydrogens is 534 g/mol. The number of rotatable bonds is 10. The molecule has 1 N–H and O–H groups in total. The lowest BCUT2D eigenvalue weighted by molar-refractivity contribution is -0.143. The highest BCUT2D eigenvalue weighted by molar-refractivity contribution is 5.95. The average Bonchev–Trinajstić information content (AvgIpc) is 2.93. The molecule has 3 rings (SSSR count). The van der Waals surface area contributed by atoms with E-state index in [1.54, 1.807) is 36.4 Å². The predicted molar refractivity (Wildman–Crippen MR) is 140 cm³/mol. The molecule has 0 aliphatic rings. The van der Waals surface area contributed by atoms with Crippen LogP contribution >= 0.6 is 0 Å². The first-order valence-corrected chi connectivity index (χ1v) is 12.8. The number of benzene rings is 3. The highest BCUT2D eigenvalue weighted by Crippen LogP contribution is 2.38. The molecule has 3 aromatic rings. The van der Waals surface area contributed by atoms with Gasteiger partial charge in [0.25, 0.3) is 5.91 Å². The molecule has 0 spiro atoms. The van der Waals surface area contributed by atoms with E-state index in [2.05, 4.69) is 5.32 Å². The lowest BCUT2D eigenvalue weighted by Crippen LogP contribution is -2.42. The Labute approximate surface area is 229 Å². The van der Waals surface area contributed by atoms with Crippen LogP contribution in [0.2, 0.25) is 0 Å². The Hall–Kier alpha value is -3.82. The molecule has 0 bridgehead atoms. The lowest BCUT2D eigenvalue weighted by Gasteiger charge is -2.36.